The second-order valence-corrected chi connectivity index (χ2v) is 8.85. The molecule has 0 unspecified atom stereocenters. The number of ether oxygens (including phenoxy) is 1. The van der Waals surface area contributed by atoms with E-state index in [1.165, 1.54) is 0 Å². The molecule has 1 aliphatic heterocycles. The van der Waals surface area contributed by atoms with Gasteiger partial charge in [-0.05, 0) is 65.9 Å². The van der Waals surface area contributed by atoms with Crippen molar-refractivity contribution >= 4 is 23.0 Å². The Morgan fingerprint density at radius 3 is 2.55 bits per heavy atom. The highest BCUT2D eigenvalue weighted by molar-refractivity contribution is 5.97. The zero-order chi connectivity index (χ0) is 21.2. The lowest BCUT2D eigenvalue weighted by Crippen LogP contribution is -2.47. The van der Waals surface area contributed by atoms with Crippen molar-refractivity contribution in [1.29, 1.82) is 0 Å². The SMILES string of the molecule is CN(C)Cn1cnc2ccc(C(=O)NC3CCN(C(=O)OC(C)(C)C)CC3)cc21. The molecule has 2 heterocycles. The second-order valence-electron chi connectivity index (χ2n) is 8.85. The monoisotopic (exact) mass is 401 g/mol. The zero-order valence-electron chi connectivity index (χ0n) is 17.9. The van der Waals surface area contributed by atoms with Gasteiger partial charge in [-0.15, -0.1) is 0 Å². The van der Waals surface area contributed by atoms with Crippen molar-refractivity contribution < 1.29 is 14.3 Å². The van der Waals surface area contributed by atoms with Gasteiger partial charge in [0.05, 0.1) is 24.0 Å². The molecule has 1 aromatic carbocycles. The minimum Gasteiger partial charge on any atom is -0.444 e. The van der Waals surface area contributed by atoms with E-state index in [-0.39, 0.29) is 18.0 Å². The van der Waals surface area contributed by atoms with E-state index in [1.54, 1.807) is 17.3 Å². The molecule has 29 heavy (non-hydrogen) atoms. The number of piperidine rings is 1. The lowest BCUT2D eigenvalue weighted by molar-refractivity contribution is 0.0199. The summed E-state index contributed by atoms with van der Waals surface area (Å²) in [6.07, 6.45) is 2.93. The number of imidazole rings is 1. The van der Waals surface area contributed by atoms with Gasteiger partial charge in [0.1, 0.15) is 5.60 Å². The first-order chi connectivity index (χ1) is 13.6. The number of carbonyl (C=O) groups excluding carboxylic acids is 2. The van der Waals surface area contributed by atoms with Gasteiger partial charge in [-0.2, -0.15) is 0 Å². The van der Waals surface area contributed by atoms with Crippen molar-refractivity contribution in [2.24, 2.45) is 0 Å². The maximum atomic E-state index is 12.8. The molecular weight excluding hydrogens is 370 g/mol. The predicted octanol–water partition coefficient (Wildman–Crippen LogP) is 2.68. The molecule has 0 aliphatic carbocycles. The third-order valence-corrected chi connectivity index (χ3v) is 4.80. The Labute approximate surface area is 171 Å². The summed E-state index contributed by atoms with van der Waals surface area (Å²) in [5.41, 5.74) is 1.92. The van der Waals surface area contributed by atoms with Crippen molar-refractivity contribution in [3.63, 3.8) is 0 Å². The van der Waals surface area contributed by atoms with Crippen molar-refractivity contribution in [2.75, 3.05) is 27.2 Å². The molecule has 2 aromatic rings. The fourth-order valence-corrected chi connectivity index (χ4v) is 3.42. The maximum absolute atomic E-state index is 12.8. The molecule has 1 aromatic heterocycles. The van der Waals surface area contributed by atoms with E-state index < -0.39 is 5.60 Å². The van der Waals surface area contributed by atoms with Gasteiger partial charge in [0.25, 0.3) is 5.91 Å². The Bertz CT molecular complexity index is 876. The van der Waals surface area contributed by atoms with Crippen molar-refractivity contribution in [3.8, 4) is 0 Å². The van der Waals surface area contributed by atoms with Crippen LogP contribution in [-0.2, 0) is 11.4 Å². The zero-order valence-corrected chi connectivity index (χ0v) is 17.9. The van der Waals surface area contributed by atoms with E-state index in [0.717, 1.165) is 11.0 Å². The summed E-state index contributed by atoms with van der Waals surface area (Å²) < 4.78 is 7.44. The summed E-state index contributed by atoms with van der Waals surface area (Å²) in [7, 11) is 3.98. The van der Waals surface area contributed by atoms with Crippen LogP contribution >= 0.6 is 0 Å². The average Bonchev–Trinajstić information content (AvgIpc) is 3.02. The molecule has 8 heteroatoms. The number of amides is 2. The van der Waals surface area contributed by atoms with Gasteiger partial charge in [-0.25, -0.2) is 9.78 Å². The molecule has 0 saturated carbocycles. The molecule has 3 rings (SSSR count). The number of likely N-dealkylation sites (tertiary alicyclic amines) is 1. The van der Waals surface area contributed by atoms with Crippen LogP contribution in [0.1, 0.15) is 44.0 Å². The fourth-order valence-electron chi connectivity index (χ4n) is 3.42. The Balaban J connectivity index is 1.59. The second kappa shape index (κ2) is 8.41. The minimum atomic E-state index is -0.500. The van der Waals surface area contributed by atoms with E-state index in [2.05, 4.69) is 10.3 Å². The first-order valence-electron chi connectivity index (χ1n) is 10.0. The highest BCUT2D eigenvalue weighted by Gasteiger charge is 2.27. The van der Waals surface area contributed by atoms with Crippen LogP contribution in [0.15, 0.2) is 24.5 Å². The van der Waals surface area contributed by atoms with Crippen LogP contribution in [0.5, 0.6) is 0 Å². The number of aromatic nitrogens is 2. The highest BCUT2D eigenvalue weighted by Crippen LogP contribution is 2.18. The van der Waals surface area contributed by atoms with Crippen LogP contribution < -0.4 is 5.32 Å². The lowest BCUT2D eigenvalue weighted by atomic mass is 10.0. The first-order valence-corrected chi connectivity index (χ1v) is 10.0. The Hall–Kier alpha value is -2.61. The molecule has 8 nitrogen and oxygen atoms in total. The summed E-state index contributed by atoms with van der Waals surface area (Å²) in [6, 6.07) is 5.61. The van der Waals surface area contributed by atoms with Gasteiger partial charge >= 0.3 is 6.09 Å². The Morgan fingerprint density at radius 2 is 1.93 bits per heavy atom. The molecular formula is C21H31N5O3. The first kappa shape index (κ1) is 21.1. The van der Waals surface area contributed by atoms with E-state index in [4.69, 9.17) is 4.74 Å². The molecule has 0 atom stereocenters. The van der Waals surface area contributed by atoms with Crippen LogP contribution in [0, 0.1) is 0 Å². The van der Waals surface area contributed by atoms with Crippen LogP contribution in [0.3, 0.4) is 0 Å². The normalized spacial score (nSPS) is 15.7. The number of rotatable bonds is 4. The summed E-state index contributed by atoms with van der Waals surface area (Å²) in [4.78, 5) is 33.1. The van der Waals surface area contributed by atoms with E-state index in [1.807, 2.05) is 56.5 Å². The molecule has 1 fully saturated rings. The highest BCUT2D eigenvalue weighted by atomic mass is 16.6. The van der Waals surface area contributed by atoms with Crippen molar-refractivity contribution in [2.45, 2.75) is 51.9 Å². The topological polar surface area (TPSA) is 79.7 Å². The number of benzene rings is 1. The summed E-state index contributed by atoms with van der Waals surface area (Å²) in [5.74, 6) is -0.0970. The molecule has 2 amide bonds. The van der Waals surface area contributed by atoms with Gasteiger partial charge in [0.2, 0.25) is 0 Å². The molecule has 1 saturated heterocycles. The lowest BCUT2D eigenvalue weighted by Gasteiger charge is -2.33. The number of nitrogens with zero attached hydrogens (tertiary/aromatic N) is 4. The molecule has 0 bridgehead atoms. The third-order valence-electron chi connectivity index (χ3n) is 4.80. The predicted molar refractivity (Wildman–Crippen MR) is 112 cm³/mol. The Morgan fingerprint density at radius 1 is 1.24 bits per heavy atom. The number of carbonyl (C=O) groups is 2. The molecule has 158 valence electrons. The largest absolute Gasteiger partial charge is 0.444 e. The van der Waals surface area contributed by atoms with Crippen molar-refractivity contribution in [1.82, 2.24) is 24.7 Å². The van der Waals surface area contributed by atoms with Gasteiger partial charge in [0, 0.05) is 24.7 Å². The van der Waals surface area contributed by atoms with Crippen LogP contribution in [0.2, 0.25) is 0 Å². The van der Waals surface area contributed by atoms with Crippen LogP contribution in [0.4, 0.5) is 4.79 Å². The summed E-state index contributed by atoms with van der Waals surface area (Å²) in [6.45, 7) is 7.44. The maximum Gasteiger partial charge on any atom is 0.410 e. The summed E-state index contributed by atoms with van der Waals surface area (Å²) in [5, 5.41) is 3.10. The van der Waals surface area contributed by atoms with Crippen LogP contribution in [0.25, 0.3) is 11.0 Å². The van der Waals surface area contributed by atoms with E-state index >= 15 is 0 Å². The standard InChI is InChI=1S/C21H31N5O3/c1-21(2,3)29-20(28)25-10-8-16(9-11-25)23-19(27)15-6-7-17-18(12-15)26(13-22-17)14-24(4)5/h6-7,12-13,16H,8-11,14H2,1-5H3,(H,23,27). The Kier molecular flexibility index (Phi) is 6.12. The van der Waals surface area contributed by atoms with Gasteiger partial charge in [-0.1, -0.05) is 0 Å². The smallest absolute Gasteiger partial charge is 0.410 e. The molecule has 0 radical (unpaired) electrons. The van der Waals surface area contributed by atoms with Gasteiger partial charge < -0.3 is 19.5 Å². The summed E-state index contributed by atoms with van der Waals surface area (Å²) >= 11 is 0. The van der Waals surface area contributed by atoms with Gasteiger partial charge in [-0.3, -0.25) is 9.69 Å². The number of fused-ring (bicyclic) bond motifs is 1. The molecule has 1 N–H and O–H groups in total. The van der Waals surface area contributed by atoms with Gasteiger partial charge in [0.15, 0.2) is 0 Å². The number of hydrogen-bond acceptors (Lipinski definition) is 5. The van der Waals surface area contributed by atoms with E-state index in [9.17, 15) is 9.59 Å². The fraction of sp³-hybridized carbons (Fsp3) is 0.571. The average molecular weight is 402 g/mol. The van der Waals surface area contributed by atoms with Crippen molar-refractivity contribution in [3.05, 3.63) is 30.1 Å². The van der Waals surface area contributed by atoms with Crippen LogP contribution in [-0.4, -0.2) is 70.2 Å². The third kappa shape index (κ3) is 5.47. The quantitative estimate of drug-likeness (QED) is 0.852. The van der Waals surface area contributed by atoms with E-state index in [0.29, 0.717) is 38.2 Å². The molecule has 1 aliphatic rings. The molecule has 0 spiro atoms. The number of nitrogens with one attached hydrogen (secondary N) is 1. The number of hydrogen-bond donors (Lipinski definition) is 1. The minimum absolute atomic E-state index is 0.0450.